The number of nitrogens with zero attached hydrogens (tertiary/aromatic N) is 2. The summed E-state index contributed by atoms with van der Waals surface area (Å²) in [4.78, 5) is 27.8. The van der Waals surface area contributed by atoms with Gasteiger partial charge in [0.1, 0.15) is 18.3 Å². The largest absolute Gasteiger partial charge is 0.495 e. The van der Waals surface area contributed by atoms with E-state index < -0.39 is 28.5 Å². The normalized spacial score (nSPS) is 12.1. The molecule has 2 aromatic carbocycles. The summed E-state index contributed by atoms with van der Waals surface area (Å²) in [5.74, 6) is -0.405. The third-order valence-electron chi connectivity index (χ3n) is 5.44. The van der Waals surface area contributed by atoms with Crippen LogP contribution in [0.3, 0.4) is 0 Å². The molecular formula is C24H32ClN3O5S. The molecule has 186 valence electrons. The number of amides is 2. The van der Waals surface area contributed by atoms with Crippen molar-refractivity contribution in [1.82, 2.24) is 10.2 Å². The maximum Gasteiger partial charge on any atom is 0.244 e. The van der Waals surface area contributed by atoms with Gasteiger partial charge in [-0.1, -0.05) is 42.8 Å². The number of hydrogen-bond donors (Lipinski definition) is 1. The lowest BCUT2D eigenvalue weighted by molar-refractivity contribution is -0.140. The minimum Gasteiger partial charge on any atom is -0.495 e. The summed E-state index contributed by atoms with van der Waals surface area (Å²) in [7, 11) is -2.39. The average Bonchev–Trinajstić information content (AvgIpc) is 2.77. The number of carbonyl (C=O) groups is 2. The fraction of sp³-hybridized carbons (Fsp3) is 0.417. The minimum atomic E-state index is -3.84. The van der Waals surface area contributed by atoms with Crippen LogP contribution in [0.5, 0.6) is 5.75 Å². The molecule has 0 aliphatic heterocycles. The van der Waals surface area contributed by atoms with Gasteiger partial charge in [-0.3, -0.25) is 13.9 Å². The fourth-order valence-electron chi connectivity index (χ4n) is 3.61. The number of benzene rings is 2. The Hall–Kier alpha value is -2.78. The van der Waals surface area contributed by atoms with Gasteiger partial charge >= 0.3 is 0 Å². The number of carbonyl (C=O) groups excluding carboxylic acids is 2. The van der Waals surface area contributed by atoms with Crippen molar-refractivity contribution >= 4 is 39.1 Å². The Kier molecular flexibility index (Phi) is 9.76. The summed E-state index contributed by atoms with van der Waals surface area (Å²) < 4.78 is 31.4. The molecule has 0 aromatic heterocycles. The molecule has 34 heavy (non-hydrogen) atoms. The monoisotopic (exact) mass is 509 g/mol. The van der Waals surface area contributed by atoms with Crippen molar-refractivity contribution in [2.24, 2.45) is 0 Å². The van der Waals surface area contributed by atoms with E-state index in [-0.39, 0.29) is 23.2 Å². The zero-order valence-corrected chi connectivity index (χ0v) is 21.7. The van der Waals surface area contributed by atoms with Gasteiger partial charge in [-0.05, 0) is 49.6 Å². The molecule has 1 atom stereocenters. The Bertz CT molecular complexity index is 1120. The number of halogens is 1. The van der Waals surface area contributed by atoms with Crippen LogP contribution >= 0.6 is 11.6 Å². The highest BCUT2D eigenvalue weighted by molar-refractivity contribution is 7.92. The zero-order valence-electron chi connectivity index (χ0n) is 20.2. The first-order valence-corrected chi connectivity index (χ1v) is 13.2. The van der Waals surface area contributed by atoms with Gasteiger partial charge in [0.25, 0.3) is 0 Å². The molecule has 1 N–H and O–H groups in total. The van der Waals surface area contributed by atoms with E-state index in [2.05, 4.69) is 5.32 Å². The third-order valence-corrected chi connectivity index (χ3v) is 6.88. The Morgan fingerprint density at radius 1 is 1.15 bits per heavy atom. The van der Waals surface area contributed by atoms with Crippen molar-refractivity contribution in [3.63, 3.8) is 0 Å². The van der Waals surface area contributed by atoms with E-state index in [0.717, 1.165) is 21.7 Å². The van der Waals surface area contributed by atoms with Gasteiger partial charge in [-0.25, -0.2) is 8.42 Å². The summed E-state index contributed by atoms with van der Waals surface area (Å²) in [5.41, 5.74) is 2.06. The summed E-state index contributed by atoms with van der Waals surface area (Å²) in [5, 5.41) is 2.99. The molecule has 0 saturated heterocycles. The van der Waals surface area contributed by atoms with Crippen LogP contribution < -0.4 is 14.4 Å². The standard InChI is InChI=1S/C24H32ClN3O5S/c1-6-21(24(30)26-7-2)27(15-18-11-9-8-10-17(18)3)23(29)16-28(34(5,31)32)19-12-13-22(33-4)20(25)14-19/h8-14,21H,6-7,15-16H2,1-5H3,(H,26,30)/t21-/m1/s1. The quantitative estimate of drug-likeness (QED) is 0.501. The Morgan fingerprint density at radius 2 is 1.82 bits per heavy atom. The molecule has 0 saturated carbocycles. The lowest BCUT2D eigenvalue weighted by atomic mass is 10.1. The molecule has 0 fully saturated rings. The second kappa shape index (κ2) is 12.1. The van der Waals surface area contributed by atoms with E-state index in [1.165, 1.54) is 30.2 Å². The van der Waals surface area contributed by atoms with Gasteiger partial charge in [0.15, 0.2) is 0 Å². The van der Waals surface area contributed by atoms with Gasteiger partial charge in [-0.15, -0.1) is 0 Å². The molecule has 0 aliphatic rings. The number of methoxy groups -OCH3 is 1. The number of anilines is 1. The van der Waals surface area contributed by atoms with Gasteiger partial charge in [-0.2, -0.15) is 0 Å². The van der Waals surface area contributed by atoms with E-state index in [4.69, 9.17) is 16.3 Å². The highest BCUT2D eigenvalue weighted by Gasteiger charge is 2.32. The van der Waals surface area contributed by atoms with Crippen molar-refractivity contribution in [2.45, 2.75) is 39.8 Å². The maximum absolute atomic E-state index is 13.6. The van der Waals surface area contributed by atoms with Crippen molar-refractivity contribution in [1.29, 1.82) is 0 Å². The summed E-state index contributed by atoms with van der Waals surface area (Å²) in [6.45, 7) is 5.65. The van der Waals surface area contributed by atoms with E-state index in [1.807, 2.05) is 38.1 Å². The van der Waals surface area contributed by atoms with Gasteiger partial charge < -0.3 is 15.0 Å². The summed E-state index contributed by atoms with van der Waals surface area (Å²) in [6.07, 6.45) is 1.39. The van der Waals surface area contributed by atoms with Crippen LogP contribution in [0.4, 0.5) is 5.69 Å². The number of rotatable bonds is 11. The molecule has 0 bridgehead atoms. The molecule has 0 heterocycles. The van der Waals surface area contributed by atoms with Crippen LogP contribution in [0.15, 0.2) is 42.5 Å². The van der Waals surface area contributed by atoms with Crippen LogP contribution in [0.1, 0.15) is 31.4 Å². The van der Waals surface area contributed by atoms with Crippen molar-refractivity contribution < 1.29 is 22.7 Å². The molecule has 2 amide bonds. The second-order valence-electron chi connectivity index (χ2n) is 7.86. The Morgan fingerprint density at radius 3 is 2.35 bits per heavy atom. The lowest BCUT2D eigenvalue weighted by Gasteiger charge is -2.33. The van der Waals surface area contributed by atoms with E-state index in [1.54, 1.807) is 6.92 Å². The van der Waals surface area contributed by atoms with Crippen LogP contribution in [0, 0.1) is 6.92 Å². The molecule has 2 aromatic rings. The first-order valence-electron chi connectivity index (χ1n) is 11.0. The highest BCUT2D eigenvalue weighted by Crippen LogP contribution is 2.30. The first kappa shape index (κ1) is 27.5. The van der Waals surface area contributed by atoms with Gasteiger partial charge in [0.2, 0.25) is 21.8 Å². The summed E-state index contributed by atoms with van der Waals surface area (Å²) in [6, 6.07) is 11.3. The van der Waals surface area contributed by atoms with Crippen LogP contribution in [-0.4, -0.2) is 57.6 Å². The van der Waals surface area contributed by atoms with Gasteiger partial charge in [0.05, 0.1) is 24.1 Å². The number of aryl methyl sites for hydroxylation is 1. The van der Waals surface area contributed by atoms with Crippen LogP contribution in [0.2, 0.25) is 5.02 Å². The number of likely N-dealkylation sites (N-methyl/N-ethyl adjacent to an activating group) is 1. The lowest BCUT2D eigenvalue weighted by Crippen LogP contribution is -2.52. The molecule has 0 unspecified atom stereocenters. The number of ether oxygens (including phenoxy) is 1. The highest BCUT2D eigenvalue weighted by atomic mass is 35.5. The maximum atomic E-state index is 13.6. The van der Waals surface area contributed by atoms with Crippen LogP contribution in [0.25, 0.3) is 0 Å². The smallest absolute Gasteiger partial charge is 0.244 e. The van der Waals surface area contributed by atoms with Crippen molar-refractivity contribution in [2.75, 3.05) is 30.8 Å². The second-order valence-corrected chi connectivity index (χ2v) is 10.2. The molecule has 10 heteroatoms. The number of nitrogens with one attached hydrogen (secondary N) is 1. The first-order chi connectivity index (χ1) is 16.0. The molecule has 0 aliphatic carbocycles. The summed E-state index contributed by atoms with van der Waals surface area (Å²) >= 11 is 6.20. The topological polar surface area (TPSA) is 96.0 Å². The van der Waals surface area contributed by atoms with E-state index in [9.17, 15) is 18.0 Å². The van der Waals surface area contributed by atoms with Crippen molar-refractivity contribution in [3.8, 4) is 5.75 Å². The van der Waals surface area contributed by atoms with E-state index >= 15 is 0 Å². The molecule has 8 nitrogen and oxygen atoms in total. The zero-order chi connectivity index (χ0) is 25.5. The fourth-order valence-corrected chi connectivity index (χ4v) is 4.70. The number of hydrogen-bond acceptors (Lipinski definition) is 5. The predicted molar refractivity (Wildman–Crippen MR) is 135 cm³/mol. The van der Waals surface area contributed by atoms with Gasteiger partial charge in [0, 0.05) is 13.1 Å². The van der Waals surface area contributed by atoms with Crippen LogP contribution in [-0.2, 0) is 26.2 Å². The Labute approximate surface area is 206 Å². The molecule has 0 radical (unpaired) electrons. The SMILES string of the molecule is CCNC(=O)[C@@H](CC)N(Cc1ccccc1C)C(=O)CN(c1ccc(OC)c(Cl)c1)S(C)(=O)=O. The van der Waals surface area contributed by atoms with E-state index in [0.29, 0.717) is 18.7 Å². The minimum absolute atomic E-state index is 0.169. The molecular weight excluding hydrogens is 478 g/mol. The average molecular weight is 510 g/mol. The molecule has 0 spiro atoms. The predicted octanol–water partition coefficient (Wildman–Crippen LogP) is 3.37. The Balaban J connectivity index is 2.47. The van der Waals surface area contributed by atoms with Crippen molar-refractivity contribution in [3.05, 3.63) is 58.6 Å². The third kappa shape index (κ3) is 6.87. The number of sulfonamides is 1. The molecule has 2 rings (SSSR count).